The van der Waals surface area contributed by atoms with Crippen LogP contribution in [0.2, 0.25) is 0 Å². The Hall–Kier alpha value is -0.0500. The van der Waals surface area contributed by atoms with Crippen LogP contribution in [0.3, 0.4) is 0 Å². The molecule has 4 heteroatoms. The lowest BCUT2D eigenvalue weighted by atomic mass is 10.6. The average molecular weight is 186 g/mol. The number of rotatable bonds is 1. The molecule has 0 aliphatic carbocycles. The first-order chi connectivity index (χ1) is 4.18. The van der Waals surface area contributed by atoms with Gasteiger partial charge >= 0.3 is 0 Å². The molecule has 1 N–H and O–H groups in total. The van der Waals surface area contributed by atoms with Gasteiger partial charge in [0.25, 0.3) is 0 Å². The maximum absolute atomic E-state index is 9.72. The predicted molar refractivity (Wildman–Crippen MR) is 47.9 cm³/mol. The molecule has 0 unspecified atom stereocenters. The van der Waals surface area contributed by atoms with E-state index >= 15 is 0 Å². The summed E-state index contributed by atoms with van der Waals surface area (Å²) in [6, 6.07) is 0. The summed E-state index contributed by atoms with van der Waals surface area (Å²) in [7, 11) is 3.75. The van der Waals surface area contributed by atoms with Crippen molar-refractivity contribution >= 4 is 29.3 Å². The van der Waals surface area contributed by atoms with E-state index in [1.807, 2.05) is 14.1 Å². The Bertz CT molecular complexity index is 93.7. The summed E-state index contributed by atoms with van der Waals surface area (Å²) in [4.78, 5) is 9.72. The zero-order valence-electron chi connectivity index (χ0n) is 6.35. The predicted octanol–water partition coefficient (Wildman–Crippen LogP) is 1.59. The van der Waals surface area contributed by atoms with Crippen molar-refractivity contribution in [3.05, 3.63) is 12.2 Å². The molecule has 0 aliphatic heterocycles. The van der Waals surface area contributed by atoms with Crippen LogP contribution >= 0.6 is 24.0 Å². The van der Waals surface area contributed by atoms with Gasteiger partial charge in [-0.25, -0.2) is 0 Å². The summed E-state index contributed by atoms with van der Waals surface area (Å²) in [5.74, 6) is 0. The minimum atomic E-state index is -0.419. The lowest BCUT2D eigenvalue weighted by molar-refractivity contribution is -0.107. The first-order valence-corrected chi connectivity index (χ1v) is 2.97. The molecule has 0 rings (SSSR count). The maximum Gasteiger partial charge on any atom is 0.244 e. The zero-order valence-corrected chi connectivity index (χ0v) is 7.92. The molecule has 0 radical (unpaired) electrons. The number of allylic oxidation sites excluding steroid dienone is 2. The minimum Gasteiger partial charge on any atom is -0.323 e. The topological polar surface area (TPSA) is 29.1 Å². The Morgan fingerprint density at radius 2 is 1.80 bits per heavy atom. The van der Waals surface area contributed by atoms with Gasteiger partial charge in [-0.1, -0.05) is 6.08 Å². The quantitative estimate of drug-likeness (QED) is 0.497. The van der Waals surface area contributed by atoms with E-state index in [1.54, 1.807) is 13.0 Å². The zero-order chi connectivity index (χ0) is 7.70. The molecule has 0 aliphatic rings. The monoisotopic (exact) mass is 185 g/mol. The van der Waals surface area contributed by atoms with Crippen molar-refractivity contribution in [3.63, 3.8) is 0 Å². The normalized spacial score (nSPS) is 7.60. The van der Waals surface area contributed by atoms with Crippen molar-refractivity contribution in [2.75, 3.05) is 14.1 Å². The van der Waals surface area contributed by atoms with E-state index in [0.717, 1.165) is 0 Å². The van der Waals surface area contributed by atoms with Crippen molar-refractivity contribution in [3.8, 4) is 0 Å². The van der Waals surface area contributed by atoms with E-state index in [-0.39, 0.29) is 12.4 Å². The first-order valence-electron chi connectivity index (χ1n) is 2.59. The Balaban J connectivity index is -0.000000107. The van der Waals surface area contributed by atoms with E-state index in [0.29, 0.717) is 0 Å². The number of hydrogen-bond donors (Lipinski definition) is 1. The van der Waals surface area contributed by atoms with E-state index in [2.05, 4.69) is 5.32 Å². The maximum atomic E-state index is 9.72. The van der Waals surface area contributed by atoms with Crippen LogP contribution < -0.4 is 5.32 Å². The second kappa shape index (κ2) is 16.0. The molecular weight excluding hydrogens is 173 g/mol. The van der Waals surface area contributed by atoms with Gasteiger partial charge in [0.05, 0.1) is 0 Å². The van der Waals surface area contributed by atoms with Crippen LogP contribution in [0.5, 0.6) is 0 Å². The van der Waals surface area contributed by atoms with Crippen molar-refractivity contribution in [2.24, 2.45) is 0 Å². The van der Waals surface area contributed by atoms with Gasteiger partial charge in [-0.2, -0.15) is 0 Å². The molecular formula is C6H13Cl2NO. The third-order valence-electron chi connectivity index (χ3n) is 0.298. The Morgan fingerprint density at radius 1 is 1.50 bits per heavy atom. The lowest BCUT2D eigenvalue weighted by Crippen LogP contribution is -1.89. The fourth-order valence-electron chi connectivity index (χ4n) is 0.131. The van der Waals surface area contributed by atoms with Gasteiger partial charge in [0.2, 0.25) is 5.24 Å². The van der Waals surface area contributed by atoms with E-state index in [1.165, 1.54) is 6.08 Å². The number of nitrogens with one attached hydrogen (secondary N) is 1. The summed E-state index contributed by atoms with van der Waals surface area (Å²) >= 11 is 4.85. The Kier molecular flexibility index (Phi) is 26.4. The van der Waals surface area contributed by atoms with Crippen molar-refractivity contribution < 1.29 is 4.79 Å². The summed E-state index contributed by atoms with van der Waals surface area (Å²) < 4.78 is 0. The minimum absolute atomic E-state index is 0. The van der Waals surface area contributed by atoms with Crippen LogP contribution in [0.4, 0.5) is 0 Å². The molecule has 0 amide bonds. The fraction of sp³-hybridized carbons (Fsp3) is 0.500. The van der Waals surface area contributed by atoms with E-state index < -0.39 is 5.24 Å². The van der Waals surface area contributed by atoms with Crippen LogP contribution in [0, 0.1) is 0 Å². The SMILES string of the molecule is CC=CC(=O)Cl.CNC.Cl. The Labute approximate surface area is 73.0 Å². The number of carbonyl (C=O) groups is 1. The summed E-state index contributed by atoms with van der Waals surface area (Å²) in [5.41, 5.74) is 0. The van der Waals surface area contributed by atoms with Crippen LogP contribution in [0.15, 0.2) is 12.2 Å². The van der Waals surface area contributed by atoms with Crippen LogP contribution in [-0.4, -0.2) is 19.3 Å². The Morgan fingerprint density at radius 3 is 1.80 bits per heavy atom. The fourth-order valence-corrected chi connectivity index (χ4v) is 0.257. The average Bonchev–Trinajstić information content (AvgIpc) is 1.67. The first kappa shape index (κ1) is 16.5. The van der Waals surface area contributed by atoms with Crippen molar-refractivity contribution in [1.82, 2.24) is 5.32 Å². The van der Waals surface area contributed by atoms with Crippen LogP contribution in [0.25, 0.3) is 0 Å². The number of halogens is 2. The second-order valence-corrected chi connectivity index (χ2v) is 1.68. The second-order valence-electron chi connectivity index (χ2n) is 1.30. The van der Waals surface area contributed by atoms with Gasteiger partial charge in [-0.3, -0.25) is 4.79 Å². The summed E-state index contributed by atoms with van der Waals surface area (Å²) in [6.07, 6.45) is 2.89. The van der Waals surface area contributed by atoms with Crippen LogP contribution in [0.1, 0.15) is 6.92 Å². The highest BCUT2D eigenvalue weighted by molar-refractivity contribution is 6.66. The van der Waals surface area contributed by atoms with Gasteiger partial charge in [0.15, 0.2) is 0 Å². The molecule has 2 nitrogen and oxygen atoms in total. The third kappa shape index (κ3) is 44.1. The molecule has 0 aromatic heterocycles. The van der Waals surface area contributed by atoms with E-state index in [4.69, 9.17) is 11.6 Å². The highest BCUT2D eigenvalue weighted by Gasteiger charge is 1.77. The molecule has 10 heavy (non-hydrogen) atoms. The molecule has 0 atom stereocenters. The van der Waals surface area contributed by atoms with E-state index in [9.17, 15) is 4.79 Å². The van der Waals surface area contributed by atoms with Gasteiger partial charge in [0, 0.05) is 0 Å². The summed E-state index contributed by atoms with van der Waals surface area (Å²) in [6.45, 7) is 1.74. The van der Waals surface area contributed by atoms with Gasteiger partial charge in [0.1, 0.15) is 0 Å². The van der Waals surface area contributed by atoms with Crippen molar-refractivity contribution in [2.45, 2.75) is 6.92 Å². The smallest absolute Gasteiger partial charge is 0.244 e. The molecule has 62 valence electrons. The van der Waals surface area contributed by atoms with Gasteiger partial charge in [-0.05, 0) is 38.7 Å². The summed E-state index contributed by atoms with van der Waals surface area (Å²) in [5, 5.41) is 2.33. The molecule has 0 saturated heterocycles. The van der Waals surface area contributed by atoms with Gasteiger partial charge < -0.3 is 5.32 Å². The van der Waals surface area contributed by atoms with Crippen LogP contribution in [-0.2, 0) is 4.79 Å². The largest absolute Gasteiger partial charge is 0.323 e. The molecule has 0 fully saturated rings. The standard InChI is InChI=1S/C4H5ClO.C2H7N.ClH/c1-2-3-4(5)6;1-3-2;/h2-3H,1H3;3H,1-2H3;1H. The molecule has 0 aromatic carbocycles. The molecule has 0 spiro atoms. The number of hydrogen-bond acceptors (Lipinski definition) is 2. The third-order valence-corrected chi connectivity index (χ3v) is 0.424. The van der Waals surface area contributed by atoms with Crippen molar-refractivity contribution in [1.29, 1.82) is 0 Å². The molecule has 0 heterocycles. The molecule has 0 saturated carbocycles. The lowest BCUT2D eigenvalue weighted by Gasteiger charge is -1.65. The number of carbonyl (C=O) groups excluding carboxylic acids is 1. The highest BCUT2D eigenvalue weighted by atomic mass is 35.5. The molecule has 0 aromatic rings. The van der Waals surface area contributed by atoms with Gasteiger partial charge in [-0.15, -0.1) is 12.4 Å². The molecule has 0 bridgehead atoms. The highest BCUT2D eigenvalue weighted by Crippen LogP contribution is 1.78.